The number of rotatable bonds is 4. The van der Waals surface area contributed by atoms with Gasteiger partial charge >= 0.3 is 0 Å². The van der Waals surface area contributed by atoms with E-state index < -0.39 is 0 Å². The van der Waals surface area contributed by atoms with Gasteiger partial charge in [0.25, 0.3) is 0 Å². The Labute approximate surface area is 87.8 Å². The number of thiocyanates is 1. The number of nitriles is 1. The molecular weight excluding hydrogens is 198 g/mol. The summed E-state index contributed by atoms with van der Waals surface area (Å²) >= 11 is 3.21. The van der Waals surface area contributed by atoms with Crippen LogP contribution in [0.1, 0.15) is 29.0 Å². The van der Waals surface area contributed by atoms with Crippen LogP contribution in [0.4, 0.5) is 0 Å². The van der Waals surface area contributed by atoms with Crippen molar-refractivity contribution in [2.45, 2.75) is 26.2 Å². The van der Waals surface area contributed by atoms with E-state index in [9.17, 15) is 0 Å². The average Bonchev–Trinajstić information content (AvgIpc) is 2.52. The van der Waals surface area contributed by atoms with Gasteiger partial charge in [-0.25, -0.2) is 0 Å². The topological polar surface area (TPSA) is 23.8 Å². The minimum absolute atomic E-state index is 0.597. The molecular formula is C10H13NS2. The monoisotopic (exact) mass is 211 g/mol. The van der Waals surface area contributed by atoms with Gasteiger partial charge in [0.05, 0.1) is 0 Å². The van der Waals surface area contributed by atoms with E-state index in [1.807, 2.05) is 11.3 Å². The first kappa shape index (κ1) is 10.6. The van der Waals surface area contributed by atoms with Crippen LogP contribution in [0.5, 0.6) is 0 Å². The number of aryl methyl sites for hydroxylation is 1. The van der Waals surface area contributed by atoms with Crippen LogP contribution >= 0.6 is 23.1 Å². The molecule has 1 aromatic rings. The van der Waals surface area contributed by atoms with Gasteiger partial charge in [0.1, 0.15) is 5.40 Å². The second-order valence-electron chi connectivity index (χ2n) is 3.08. The van der Waals surface area contributed by atoms with Crippen molar-refractivity contribution in [1.29, 1.82) is 5.26 Å². The molecule has 70 valence electrons. The summed E-state index contributed by atoms with van der Waals surface area (Å²) in [5.74, 6) is 1.54. The lowest BCUT2D eigenvalue weighted by Gasteiger charge is -2.06. The summed E-state index contributed by atoms with van der Waals surface area (Å²) < 4.78 is 0. The molecule has 0 aliphatic heterocycles. The first-order chi connectivity index (χ1) is 6.24. The first-order valence-electron chi connectivity index (χ1n) is 4.31. The highest BCUT2D eigenvalue weighted by Gasteiger charge is 2.06. The second-order valence-corrected chi connectivity index (χ2v) is 5.28. The average molecular weight is 211 g/mol. The summed E-state index contributed by atoms with van der Waals surface area (Å²) in [6.45, 7) is 4.36. The van der Waals surface area contributed by atoms with Gasteiger partial charge in [0.2, 0.25) is 0 Å². The van der Waals surface area contributed by atoms with Crippen molar-refractivity contribution in [3.63, 3.8) is 0 Å². The Balaban J connectivity index is 2.40. The molecule has 1 rings (SSSR count). The zero-order valence-corrected chi connectivity index (χ0v) is 9.54. The summed E-state index contributed by atoms with van der Waals surface area (Å²) in [6.07, 6.45) is 1.10. The predicted molar refractivity (Wildman–Crippen MR) is 60.2 cm³/mol. The lowest BCUT2D eigenvalue weighted by atomic mass is 10.1. The normalized spacial score (nSPS) is 12.4. The third-order valence-corrected chi connectivity index (χ3v) is 3.77. The largest absolute Gasteiger partial charge is 0.185 e. The molecule has 0 spiro atoms. The van der Waals surface area contributed by atoms with Crippen molar-refractivity contribution in [1.82, 2.24) is 0 Å². The Bertz CT molecular complexity index is 298. The maximum Gasteiger partial charge on any atom is 0.133 e. The fourth-order valence-corrected chi connectivity index (χ4v) is 2.67. The second kappa shape index (κ2) is 5.31. The standard InChI is InChI=1S/C10H13NS2/c1-8(5-6-12-7-11)10-4-3-9(2)13-10/h3-4,8H,5-6H2,1-2H3. The summed E-state index contributed by atoms with van der Waals surface area (Å²) in [5.41, 5.74) is 0. The van der Waals surface area contributed by atoms with Crippen molar-refractivity contribution < 1.29 is 0 Å². The summed E-state index contributed by atoms with van der Waals surface area (Å²) in [4.78, 5) is 2.81. The van der Waals surface area contributed by atoms with Gasteiger partial charge in [-0.2, -0.15) is 5.26 Å². The smallest absolute Gasteiger partial charge is 0.133 e. The van der Waals surface area contributed by atoms with Crippen molar-refractivity contribution in [2.24, 2.45) is 0 Å². The highest BCUT2D eigenvalue weighted by Crippen LogP contribution is 2.27. The van der Waals surface area contributed by atoms with Crippen molar-refractivity contribution in [3.8, 4) is 5.40 Å². The lowest BCUT2D eigenvalue weighted by Crippen LogP contribution is -1.91. The Morgan fingerprint density at radius 1 is 1.62 bits per heavy atom. The van der Waals surface area contributed by atoms with Crippen molar-refractivity contribution in [2.75, 3.05) is 5.75 Å². The minimum Gasteiger partial charge on any atom is -0.185 e. The van der Waals surface area contributed by atoms with Gasteiger partial charge in [-0.05, 0) is 43.2 Å². The molecule has 0 aliphatic carbocycles. The van der Waals surface area contributed by atoms with Gasteiger partial charge in [0, 0.05) is 15.5 Å². The predicted octanol–water partition coefficient (Wildman–Crippen LogP) is 3.76. The maximum absolute atomic E-state index is 8.37. The molecule has 1 aromatic heterocycles. The molecule has 0 saturated carbocycles. The van der Waals surface area contributed by atoms with Gasteiger partial charge in [-0.3, -0.25) is 0 Å². The molecule has 3 heteroatoms. The van der Waals surface area contributed by atoms with E-state index in [4.69, 9.17) is 5.26 Å². The van der Waals surface area contributed by atoms with Crippen LogP contribution in [0.15, 0.2) is 12.1 Å². The van der Waals surface area contributed by atoms with Crippen LogP contribution in [0.3, 0.4) is 0 Å². The molecule has 0 amide bonds. The molecule has 1 nitrogen and oxygen atoms in total. The Morgan fingerprint density at radius 2 is 2.38 bits per heavy atom. The SMILES string of the molecule is Cc1ccc(C(C)CCSC#N)s1. The van der Waals surface area contributed by atoms with E-state index in [1.165, 1.54) is 21.5 Å². The van der Waals surface area contributed by atoms with Crippen LogP contribution in [-0.4, -0.2) is 5.75 Å². The molecule has 0 aliphatic rings. The minimum atomic E-state index is 0.597. The summed E-state index contributed by atoms with van der Waals surface area (Å²) in [5, 5.41) is 10.5. The number of hydrogen-bond acceptors (Lipinski definition) is 3. The molecule has 0 aromatic carbocycles. The Hall–Kier alpha value is -0.460. The molecule has 1 heterocycles. The molecule has 0 saturated heterocycles. The Morgan fingerprint density at radius 3 is 2.92 bits per heavy atom. The van der Waals surface area contributed by atoms with Gasteiger partial charge in [0.15, 0.2) is 0 Å². The van der Waals surface area contributed by atoms with E-state index in [0.29, 0.717) is 5.92 Å². The Kier molecular flexibility index (Phi) is 4.34. The van der Waals surface area contributed by atoms with E-state index in [0.717, 1.165) is 12.2 Å². The number of thiophene rings is 1. The summed E-state index contributed by atoms with van der Waals surface area (Å²) in [6, 6.07) is 4.36. The lowest BCUT2D eigenvalue weighted by molar-refractivity contribution is 0.756. The first-order valence-corrected chi connectivity index (χ1v) is 6.11. The van der Waals surface area contributed by atoms with E-state index in [1.54, 1.807) is 0 Å². The van der Waals surface area contributed by atoms with Crippen molar-refractivity contribution >= 4 is 23.1 Å². The zero-order valence-electron chi connectivity index (χ0n) is 7.91. The highest BCUT2D eigenvalue weighted by molar-refractivity contribution is 8.03. The maximum atomic E-state index is 8.37. The number of hydrogen-bond donors (Lipinski definition) is 0. The number of nitrogens with zero attached hydrogens (tertiary/aromatic N) is 1. The molecule has 1 atom stereocenters. The van der Waals surface area contributed by atoms with Gasteiger partial charge < -0.3 is 0 Å². The van der Waals surface area contributed by atoms with Gasteiger partial charge in [-0.1, -0.05) is 6.92 Å². The molecule has 0 radical (unpaired) electrons. The van der Waals surface area contributed by atoms with Crippen LogP contribution < -0.4 is 0 Å². The molecule has 1 unspecified atom stereocenters. The fraction of sp³-hybridized carbons (Fsp3) is 0.500. The van der Waals surface area contributed by atoms with E-state index >= 15 is 0 Å². The van der Waals surface area contributed by atoms with Crippen LogP contribution in [-0.2, 0) is 0 Å². The molecule has 0 N–H and O–H groups in total. The number of thioether (sulfide) groups is 1. The fourth-order valence-electron chi connectivity index (χ4n) is 1.14. The molecule has 0 fully saturated rings. The van der Waals surface area contributed by atoms with Gasteiger partial charge in [-0.15, -0.1) is 11.3 Å². The quantitative estimate of drug-likeness (QED) is 0.559. The highest BCUT2D eigenvalue weighted by atomic mass is 32.2. The van der Waals surface area contributed by atoms with Crippen LogP contribution in [0, 0.1) is 17.6 Å². The van der Waals surface area contributed by atoms with E-state index in [2.05, 4.69) is 31.4 Å². The third kappa shape index (κ3) is 3.41. The molecule has 0 bridgehead atoms. The zero-order chi connectivity index (χ0) is 9.68. The van der Waals surface area contributed by atoms with Crippen LogP contribution in [0.2, 0.25) is 0 Å². The summed E-state index contributed by atoms with van der Waals surface area (Å²) in [7, 11) is 0. The van der Waals surface area contributed by atoms with Crippen molar-refractivity contribution in [3.05, 3.63) is 21.9 Å². The van der Waals surface area contributed by atoms with Crippen LogP contribution in [0.25, 0.3) is 0 Å². The van der Waals surface area contributed by atoms with E-state index in [-0.39, 0.29) is 0 Å². The third-order valence-electron chi connectivity index (χ3n) is 1.96. The molecule has 13 heavy (non-hydrogen) atoms.